The molecule has 2 rings (SSSR count). The van der Waals surface area contributed by atoms with Gasteiger partial charge in [-0.1, -0.05) is 25.7 Å². The summed E-state index contributed by atoms with van der Waals surface area (Å²) in [5.74, 6) is 2.37. The molecule has 0 radical (unpaired) electrons. The Bertz CT molecular complexity index is 410. The fraction of sp³-hybridized carbons (Fsp3) is 0.667. The van der Waals surface area contributed by atoms with E-state index in [0.29, 0.717) is 12.5 Å². The molecule has 1 atom stereocenters. The Labute approximate surface area is 128 Å². The largest absolute Gasteiger partial charge is 0.497 e. The molecular weight excluding hydrogens is 262 g/mol. The number of rotatable bonds is 6. The van der Waals surface area contributed by atoms with Gasteiger partial charge in [-0.15, -0.1) is 0 Å². The van der Waals surface area contributed by atoms with E-state index in [4.69, 9.17) is 15.2 Å². The van der Waals surface area contributed by atoms with Crippen molar-refractivity contribution in [3.8, 4) is 11.5 Å². The zero-order valence-corrected chi connectivity index (χ0v) is 13.4. The third kappa shape index (κ3) is 4.37. The molecule has 0 amide bonds. The van der Waals surface area contributed by atoms with Crippen molar-refractivity contribution in [2.75, 3.05) is 13.7 Å². The molecule has 1 aliphatic rings. The first-order valence-electron chi connectivity index (χ1n) is 8.21. The van der Waals surface area contributed by atoms with Crippen LogP contribution in [0.3, 0.4) is 0 Å². The Balaban J connectivity index is 2.11. The number of nitrogens with two attached hydrogens (primary N) is 1. The van der Waals surface area contributed by atoms with Crippen molar-refractivity contribution >= 4 is 0 Å². The second-order valence-corrected chi connectivity index (χ2v) is 6.32. The van der Waals surface area contributed by atoms with Crippen molar-refractivity contribution in [1.82, 2.24) is 0 Å². The first-order valence-corrected chi connectivity index (χ1v) is 8.21. The predicted octanol–water partition coefficient (Wildman–Crippen LogP) is 4.15. The first-order chi connectivity index (χ1) is 10.2. The molecule has 1 fully saturated rings. The molecule has 0 spiro atoms. The van der Waals surface area contributed by atoms with Crippen molar-refractivity contribution < 1.29 is 9.47 Å². The zero-order valence-electron chi connectivity index (χ0n) is 13.4. The normalized spacial score (nSPS) is 19.6. The third-order valence-electron chi connectivity index (χ3n) is 4.77. The van der Waals surface area contributed by atoms with Crippen LogP contribution in [0, 0.1) is 5.92 Å². The molecule has 3 nitrogen and oxygen atoms in total. The minimum Gasteiger partial charge on any atom is -0.497 e. The predicted molar refractivity (Wildman–Crippen MR) is 86.9 cm³/mol. The van der Waals surface area contributed by atoms with Crippen LogP contribution >= 0.6 is 0 Å². The number of hydrogen-bond donors (Lipinski definition) is 1. The molecule has 1 aliphatic carbocycles. The fourth-order valence-corrected chi connectivity index (χ4v) is 3.43. The van der Waals surface area contributed by atoms with Gasteiger partial charge in [-0.05, 0) is 62.9 Å². The Morgan fingerprint density at radius 3 is 2.14 bits per heavy atom. The van der Waals surface area contributed by atoms with E-state index < -0.39 is 0 Å². The van der Waals surface area contributed by atoms with Gasteiger partial charge in [0.25, 0.3) is 0 Å². The lowest BCUT2D eigenvalue weighted by Crippen LogP contribution is -2.42. The molecule has 2 N–H and O–H groups in total. The number of benzene rings is 1. The van der Waals surface area contributed by atoms with Crippen molar-refractivity contribution in [2.45, 2.75) is 57.5 Å². The average Bonchev–Trinajstić information content (AvgIpc) is 2.78. The maximum atomic E-state index is 6.40. The lowest BCUT2D eigenvalue weighted by molar-refractivity contribution is 0.0122. The van der Waals surface area contributed by atoms with Crippen LogP contribution in [-0.2, 0) is 0 Å². The monoisotopic (exact) mass is 291 g/mol. The van der Waals surface area contributed by atoms with Crippen molar-refractivity contribution in [1.29, 1.82) is 0 Å². The van der Waals surface area contributed by atoms with Crippen LogP contribution in [-0.4, -0.2) is 19.3 Å². The molecule has 0 bridgehead atoms. The van der Waals surface area contributed by atoms with Gasteiger partial charge >= 0.3 is 0 Å². The van der Waals surface area contributed by atoms with E-state index in [1.165, 1.54) is 38.5 Å². The maximum Gasteiger partial charge on any atom is 0.120 e. The molecule has 1 aromatic rings. The van der Waals surface area contributed by atoms with Crippen LogP contribution in [0.1, 0.15) is 51.9 Å². The van der Waals surface area contributed by atoms with E-state index in [0.717, 1.165) is 17.9 Å². The summed E-state index contributed by atoms with van der Waals surface area (Å²) < 4.78 is 11.6. The highest BCUT2D eigenvalue weighted by Gasteiger charge is 2.35. The van der Waals surface area contributed by atoms with E-state index in [1.54, 1.807) is 7.11 Å². The lowest BCUT2D eigenvalue weighted by atomic mass is 9.81. The van der Waals surface area contributed by atoms with Gasteiger partial charge in [0.2, 0.25) is 0 Å². The fourth-order valence-electron chi connectivity index (χ4n) is 3.43. The summed E-state index contributed by atoms with van der Waals surface area (Å²) in [5.41, 5.74) is 5.70. The molecule has 1 unspecified atom stereocenters. The van der Waals surface area contributed by atoms with Gasteiger partial charge in [-0.25, -0.2) is 0 Å². The van der Waals surface area contributed by atoms with Crippen LogP contribution in [0.15, 0.2) is 24.3 Å². The quantitative estimate of drug-likeness (QED) is 0.801. The number of methoxy groups -OCH3 is 1. The van der Waals surface area contributed by atoms with Crippen molar-refractivity contribution in [2.24, 2.45) is 11.7 Å². The van der Waals surface area contributed by atoms with Crippen molar-refractivity contribution in [3.63, 3.8) is 0 Å². The molecule has 21 heavy (non-hydrogen) atoms. The summed E-state index contributed by atoms with van der Waals surface area (Å²) in [4.78, 5) is 0. The standard InChI is InChI=1S/C18H29NO2/c1-18(13-14-19,15-7-5-3-4-6-8-15)21-17-11-9-16(20-2)10-12-17/h9-12,15H,3-8,13-14,19H2,1-2H3. The molecule has 0 saturated heterocycles. The first kappa shape index (κ1) is 16.2. The van der Waals surface area contributed by atoms with Gasteiger partial charge in [0.1, 0.15) is 17.1 Å². The summed E-state index contributed by atoms with van der Waals surface area (Å²) in [6.45, 7) is 2.91. The summed E-state index contributed by atoms with van der Waals surface area (Å²) >= 11 is 0. The van der Waals surface area contributed by atoms with Crippen molar-refractivity contribution in [3.05, 3.63) is 24.3 Å². The highest BCUT2D eigenvalue weighted by molar-refractivity contribution is 5.31. The minimum atomic E-state index is -0.159. The van der Waals surface area contributed by atoms with Crippen LogP contribution < -0.4 is 15.2 Å². The van der Waals surface area contributed by atoms with E-state index in [2.05, 4.69) is 6.92 Å². The number of hydrogen-bond acceptors (Lipinski definition) is 3. The van der Waals surface area contributed by atoms with Gasteiger partial charge in [0.15, 0.2) is 0 Å². The third-order valence-corrected chi connectivity index (χ3v) is 4.77. The second-order valence-electron chi connectivity index (χ2n) is 6.32. The Morgan fingerprint density at radius 1 is 1.05 bits per heavy atom. The highest BCUT2D eigenvalue weighted by Crippen LogP contribution is 2.37. The van der Waals surface area contributed by atoms with Crippen LogP contribution in [0.5, 0.6) is 11.5 Å². The van der Waals surface area contributed by atoms with Crippen LogP contribution in [0.2, 0.25) is 0 Å². The Hall–Kier alpha value is -1.22. The van der Waals surface area contributed by atoms with E-state index in [9.17, 15) is 0 Å². The topological polar surface area (TPSA) is 44.5 Å². The maximum absolute atomic E-state index is 6.40. The zero-order chi connectivity index (χ0) is 15.1. The molecule has 1 aromatic carbocycles. The van der Waals surface area contributed by atoms with E-state index in [-0.39, 0.29) is 5.60 Å². The summed E-state index contributed by atoms with van der Waals surface area (Å²) in [5, 5.41) is 0. The van der Waals surface area contributed by atoms with Gasteiger partial charge in [-0.3, -0.25) is 0 Å². The van der Waals surface area contributed by atoms with Gasteiger partial charge in [0, 0.05) is 0 Å². The van der Waals surface area contributed by atoms with Gasteiger partial charge in [0.05, 0.1) is 7.11 Å². The molecular formula is C18H29NO2. The molecule has 0 aliphatic heterocycles. The van der Waals surface area contributed by atoms with E-state index in [1.807, 2.05) is 24.3 Å². The van der Waals surface area contributed by atoms with Crippen LogP contribution in [0.25, 0.3) is 0 Å². The smallest absolute Gasteiger partial charge is 0.120 e. The SMILES string of the molecule is COc1ccc(OC(C)(CCN)C2CCCCCC2)cc1. The Morgan fingerprint density at radius 2 is 1.62 bits per heavy atom. The number of ether oxygens (including phenoxy) is 2. The lowest BCUT2D eigenvalue weighted by Gasteiger charge is -2.38. The summed E-state index contributed by atoms with van der Waals surface area (Å²) in [7, 11) is 1.68. The Kier molecular flexibility index (Phi) is 5.92. The molecule has 118 valence electrons. The minimum absolute atomic E-state index is 0.159. The average molecular weight is 291 g/mol. The molecule has 1 saturated carbocycles. The van der Waals surface area contributed by atoms with Gasteiger partial charge in [-0.2, -0.15) is 0 Å². The highest BCUT2D eigenvalue weighted by atomic mass is 16.5. The van der Waals surface area contributed by atoms with E-state index >= 15 is 0 Å². The van der Waals surface area contributed by atoms with Crippen LogP contribution in [0.4, 0.5) is 0 Å². The molecule has 0 aromatic heterocycles. The summed E-state index contributed by atoms with van der Waals surface area (Å²) in [6.07, 6.45) is 8.77. The molecule has 0 heterocycles. The second kappa shape index (κ2) is 7.69. The molecule has 3 heteroatoms. The summed E-state index contributed by atoms with van der Waals surface area (Å²) in [6, 6.07) is 7.88. The van der Waals surface area contributed by atoms with Gasteiger partial charge < -0.3 is 15.2 Å².